The Morgan fingerprint density at radius 3 is 2.91 bits per heavy atom. The summed E-state index contributed by atoms with van der Waals surface area (Å²) in [6.07, 6.45) is 2.66. The van der Waals surface area contributed by atoms with E-state index in [0.29, 0.717) is 18.4 Å². The van der Waals surface area contributed by atoms with Crippen molar-refractivity contribution in [1.82, 2.24) is 29.9 Å². The van der Waals surface area contributed by atoms with Gasteiger partial charge in [0.15, 0.2) is 5.82 Å². The van der Waals surface area contributed by atoms with E-state index in [2.05, 4.69) is 27.2 Å². The summed E-state index contributed by atoms with van der Waals surface area (Å²) in [6, 6.07) is 0.665. The molecular weight excluding hydrogens is 284 g/mol. The molecule has 2 aliphatic rings. The van der Waals surface area contributed by atoms with Crippen molar-refractivity contribution < 1.29 is 9.53 Å². The molecule has 1 aromatic rings. The first-order valence-corrected chi connectivity index (χ1v) is 7.84. The fraction of sp³-hybridized carbons (Fsp3) is 0.786. The van der Waals surface area contributed by atoms with Gasteiger partial charge in [-0.05, 0) is 13.3 Å². The summed E-state index contributed by atoms with van der Waals surface area (Å²) in [5, 5.41) is 7.08. The van der Waals surface area contributed by atoms with Gasteiger partial charge >= 0.3 is 6.03 Å². The van der Waals surface area contributed by atoms with E-state index in [9.17, 15) is 4.79 Å². The van der Waals surface area contributed by atoms with Crippen LogP contribution < -0.4 is 5.32 Å². The first kappa shape index (κ1) is 15.2. The molecule has 0 bridgehead atoms. The third-order valence-corrected chi connectivity index (χ3v) is 4.42. The molecule has 2 atom stereocenters. The molecular formula is C14H24N6O2. The van der Waals surface area contributed by atoms with Gasteiger partial charge in [0.1, 0.15) is 6.33 Å². The third-order valence-electron chi connectivity index (χ3n) is 4.42. The summed E-state index contributed by atoms with van der Waals surface area (Å²) >= 11 is 0. The van der Waals surface area contributed by atoms with Crippen LogP contribution in [0.5, 0.6) is 0 Å². The van der Waals surface area contributed by atoms with Gasteiger partial charge in [0.05, 0.1) is 19.8 Å². The number of morpholine rings is 1. The lowest BCUT2D eigenvalue weighted by atomic mass is 10.1. The number of hydrogen-bond donors (Lipinski definition) is 1. The normalized spacial score (nSPS) is 26.4. The first-order chi connectivity index (χ1) is 10.6. The molecule has 2 amide bonds. The van der Waals surface area contributed by atoms with Gasteiger partial charge in [0.2, 0.25) is 0 Å². The number of aryl methyl sites for hydroxylation is 1. The highest BCUT2D eigenvalue weighted by molar-refractivity contribution is 5.74. The number of carbonyl (C=O) groups excluding carboxylic acids is 1. The molecule has 2 saturated heterocycles. The van der Waals surface area contributed by atoms with Crippen LogP contribution in [-0.4, -0.2) is 75.5 Å². The minimum absolute atomic E-state index is 0.0317. The van der Waals surface area contributed by atoms with Crippen LogP contribution in [0.2, 0.25) is 0 Å². The average Bonchev–Trinajstić information content (AvgIpc) is 3.12. The molecule has 2 unspecified atom stereocenters. The summed E-state index contributed by atoms with van der Waals surface area (Å²) in [7, 11) is 1.81. The van der Waals surface area contributed by atoms with E-state index >= 15 is 0 Å². The molecule has 2 aliphatic heterocycles. The molecule has 3 heterocycles. The molecule has 0 radical (unpaired) electrons. The van der Waals surface area contributed by atoms with Gasteiger partial charge in [0, 0.05) is 38.8 Å². The molecule has 1 N–H and O–H groups in total. The van der Waals surface area contributed by atoms with E-state index in [0.717, 1.165) is 39.3 Å². The minimum Gasteiger partial charge on any atom is -0.379 e. The number of rotatable bonds is 3. The Balaban J connectivity index is 1.51. The Hall–Kier alpha value is -1.67. The number of aromatic nitrogens is 3. The molecule has 1 aromatic heterocycles. The number of likely N-dealkylation sites (tertiary alicyclic amines) is 1. The average molecular weight is 308 g/mol. The maximum Gasteiger partial charge on any atom is 0.318 e. The fourth-order valence-electron chi connectivity index (χ4n) is 3.21. The van der Waals surface area contributed by atoms with Gasteiger partial charge in [-0.3, -0.25) is 9.58 Å². The highest BCUT2D eigenvalue weighted by atomic mass is 16.5. The lowest BCUT2D eigenvalue weighted by Crippen LogP contribution is -2.46. The molecule has 3 rings (SSSR count). The topological polar surface area (TPSA) is 75.5 Å². The number of hydrogen-bond acceptors (Lipinski definition) is 5. The van der Waals surface area contributed by atoms with Crippen LogP contribution in [0, 0.1) is 0 Å². The molecule has 0 spiro atoms. The molecule has 122 valence electrons. The monoisotopic (exact) mass is 308 g/mol. The molecule has 0 saturated carbocycles. The van der Waals surface area contributed by atoms with Crippen LogP contribution in [-0.2, 0) is 18.3 Å². The van der Waals surface area contributed by atoms with E-state index in [1.807, 2.05) is 11.9 Å². The SMILES string of the molecule is CC1CC(N2CCOCC2)CN1C(=O)NCc1ncn(C)n1. The predicted octanol–water partition coefficient (Wildman–Crippen LogP) is -0.180. The van der Waals surface area contributed by atoms with Crippen molar-refractivity contribution >= 4 is 6.03 Å². The Bertz CT molecular complexity index is 513. The predicted molar refractivity (Wildman–Crippen MR) is 80.2 cm³/mol. The standard InChI is InChI=1S/C14H24N6O2/c1-11-7-12(19-3-5-22-6-4-19)9-20(11)14(21)15-8-13-16-10-18(2)17-13/h10-12H,3-9H2,1-2H3,(H,15,21). The molecule has 22 heavy (non-hydrogen) atoms. The summed E-state index contributed by atoms with van der Waals surface area (Å²) in [6.45, 7) is 6.77. The van der Waals surface area contributed by atoms with Crippen molar-refractivity contribution in [3.05, 3.63) is 12.2 Å². The second-order valence-electron chi connectivity index (χ2n) is 6.03. The number of ether oxygens (including phenoxy) is 1. The number of urea groups is 1. The number of nitrogens with zero attached hydrogens (tertiary/aromatic N) is 5. The van der Waals surface area contributed by atoms with E-state index in [1.54, 1.807) is 11.0 Å². The highest BCUT2D eigenvalue weighted by Gasteiger charge is 2.35. The Morgan fingerprint density at radius 2 is 2.23 bits per heavy atom. The quantitative estimate of drug-likeness (QED) is 0.838. The van der Waals surface area contributed by atoms with E-state index < -0.39 is 0 Å². The van der Waals surface area contributed by atoms with Crippen LogP contribution in [0.1, 0.15) is 19.2 Å². The Kier molecular flexibility index (Phi) is 4.58. The van der Waals surface area contributed by atoms with Crippen LogP contribution in [0.3, 0.4) is 0 Å². The molecule has 2 fully saturated rings. The van der Waals surface area contributed by atoms with Crippen molar-refractivity contribution in [2.24, 2.45) is 7.05 Å². The van der Waals surface area contributed by atoms with Crippen molar-refractivity contribution in [1.29, 1.82) is 0 Å². The largest absolute Gasteiger partial charge is 0.379 e. The van der Waals surface area contributed by atoms with Crippen LogP contribution in [0.25, 0.3) is 0 Å². The number of carbonyl (C=O) groups is 1. The maximum absolute atomic E-state index is 12.4. The zero-order chi connectivity index (χ0) is 15.5. The van der Waals surface area contributed by atoms with Gasteiger partial charge in [-0.1, -0.05) is 0 Å². The highest BCUT2D eigenvalue weighted by Crippen LogP contribution is 2.22. The zero-order valence-corrected chi connectivity index (χ0v) is 13.2. The summed E-state index contributed by atoms with van der Waals surface area (Å²) in [5.41, 5.74) is 0. The Morgan fingerprint density at radius 1 is 1.45 bits per heavy atom. The lowest BCUT2D eigenvalue weighted by Gasteiger charge is -2.32. The van der Waals surface area contributed by atoms with E-state index in [4.69, 9.17) is 4.74 Å². The smallest absolute Gasteiger partial charge is 0.318 e. The lowest BCUT2D eigenvalue weighted by molar-refractivity contribution is 0.0190. The van der Waals surface area contributed by atoms with Gasteiger partial charge in [-0.15, -0.1) is 0 Å². The molecule has 0 aliphatic carbocycles. The third kappa shape index (κ3) is 3.38. The van der Waals surface area contributed by atoms with E-state index in [1.165, 1.54) is 0 Å². The van der Waals surface area contributed by atoms with Crippen LogP contribution in [0.4, 0.5) is 4.79 Å². The molecule has 8 heteroatoms. The van der Waals surface area contributed by atoms with Gasteiger partial charge in [-0.25, -0.2) is 9.78 Å². The second-order valence-corrected chi connectivity index (χ2v) is 6.03. The van der Waals surface area contributed by atoms with E-state index in [-0.39, 0.29) is 12.1 Å². The van der Waals surface area contributed by atoms with Crippen molar-refractivity contribution in [2.75, 3.05) is 32.8 Å². The number of nitrogens with one attached hydrogen (secondary N) is 1. The fourth-order valence-corrected chi connectivity index (χ4v) is 3.21. The number of amides is 2. The van der Waals surface area contributed by atoms with Crippen molar-refractivity contribution in [3.63, 3.8) is 0 Å². The van der Waals surface area contributed by atoms with Gasteiger partial charge in [-0.2, -0.15) is 5.10 Å². The van der Waals surface area contributed by atoms with Crippen LogP contribution >= 0.6 is 0 Å². The first-order valence-electron chi connectivity index (χ1n) is 7.84. The van der Waals surface area contributed by atoms with Gasteiger partial charge in [0.25, 0.3) is 0 Å². The second kappa shape index (κ2) is 6.62. The van der Waals surface area contributed by atoms with Crippen molar-refractivity contribution in [3.8, 4) is 0 Å². The van der Waals surface area contributed by atoms with Crippen LogP contribution in [0.15, 0.2) is 6.33 Å². The van der Waals surface area contributed by atoms with Crippen molar-refractivity contribution in [2.45, 2.75) is 32.0 Å². The summed E-state index contributed by atoms with van der Waals surface area (Å²) < 4.78 is 7.03. The Labute approximate surface area is 130 Å². The molecule has 0 aromatic carbocycles. The minimum atomic E-state index is -0.0317. The van der Waals surface area contributed by atoms with Gasteiger partial charge < -0.3 is 15.0 Å². The zero-order valence-electron chi connectivity index (χ0n) is 13.2. The maximum atomic E-state index is 12.4. The summed E-state index contributed by atoms with van der Waals surface area (Å²) in [4.78, 5) is 20.8. The molecule has 8 nitrogen and oxygen atoms in total. The summed E-state index contributed by atoms with van der Waals surface area (Å²) in [5.74, 6) is 0.632.